The SMILES string of the molecule is CC(C)CNc1cnn(Cc2cncs2)c(=O)c1. The number of hydrogen-bond acceptors (Lipinski definition) is 5. The molecule has 0 aromatic carbocycles. The topological polar surface area (TPSA) is 59.8 Å². The molecule has 0 aliphatic heterocycles. The summed E-state index contributed by atoms with van der Waals surface area (Å²) in [6.45, 7) is 5.55. The molecule has 0 aliphatic carbocycles. The normalized spacial score (nSPS) is 10.8. The molecule has 0 bridgehead atoms. The van der Waals surface area contributed by atoms with E-state index in [2.05, 4.69) is 29.2 Å². The van der Waals surface area contributed by atoms with Crippen LogP contribution in [-0.2, 0) is 6.54 Å². The van der Waals surface area contributed by atoms with E-state index in [1.165, 1.54) is 16.0 Å². The fraction of sp³-hybridized carbons (Fsp3) is 0.417. The quantitative estimate of drug-likeness (QED) is 0.895. The molecule has 0 saturated heterocycles. The number of aromatic nitrogens is 3. The molecule has 2 rings (SSSR count). The van der Waals surface area contributed by atoms with Crippen molar-refractivity contribution in [2.45, 2.75) is 20.4 Å². The highest BCUT2D eigenvalue weighted by Gasteiger charge is 2.03. The minimum atomic E-state index is -0.0999. The smallest absolute Gasteiger partial charge is 0.269 e. The first kappa shape index (κ1) is 12.8. The van der Waals surface area contributed by atoms with Crippen molar-refractivity contribution < 1.29 is 0 Å². The number of anilines is 1. The minimum Gasteiger partial charge on any atom is -0.383 e. The van der Waals surface area contributed by atoms with Gasteiger partial charge in [-0.3, -0.25) is 9.78 Å². The monoisotopic (exact) mass is 264 g/mol. The second-order valence-corrected chi connectivity index (χ2v) is 5.45. The van der Waals surface area contributed by atoms with Crippen LogP contribution in [0.25, 0.3) is 0 Å². The summed E-state index contributed by atoms with van der Waals surface area (Å²) < 4.78 is 1.44. The third-order valence-electron chi connectivity index (χ3n) is 2.37. The van der Waals surface area contributed by atoms with Gasteiger partial charge in [0.05, 0.1) is 23.9 Å². The molecule has 0 aliphatic rings. The zero-order chi connectivity index (χ0) is 13.0. The highest BCUT2D eigenvalue weighted by molar-refractivity contribution is 7.09. The molecular weight excluding hydrogens is 248 g/mol. The number of nitrogens with zero attached hydrogens (tertiary/aromatic N) is 3. The molecule has 2 aromatic heterocycles. The molecule has 0 fully saturated rings. The average molecular weight is 264 g/mol. The van der Waals surface area contributed by atoms with E-state index >= 15 is 0 Å². The largest absolute Gasteiger partial charge is 0.383 e. The van der Waals surface area contributed by atoms with Crippen LogP contribution < -0.4 is 10.9 Å². The summed E-state index contributed by atoms with van der Waals surface area (Å²) in [6.07, 6.45) is 3.44. The van der Waals surface area contributed by atoms with Gasteiger partial charge in [-0.1, -0.05) is 13.8 Å². The lowest BCUT2D eigenvalue weighted by Gasteiger charge is -2.09. The molecular formula is C12H16N4OS. The summed E-state index contributed by atoms with van der Waals surface area (Å²) >= 11 is 1.52. The van der Waals surface area contributed by atoms with E-state index in [0.717, 1.165) is 17.1 Å². The van der Waals surface area contributed by atoms with Crippen LogP contribution in [0, 0.1) is 5.92 Å². The van der Waals surface area contributed by atoms with Crippen LogP contribution in [0.5, 0.6) is 0 Å². The van der Waals surface area contributed by atoms with Crippen molar-refractivity contribution in [3.8, 4) is 0 Å². The molecule has 0 spiro atoms. The summed E-state index contributed by atoms with van der Waals surface area (Å²) in [5.74, 6) is 0.532. The molecule has 0 amide bonds. The number of nitrogens with one attached hydrogen (secondary N) is 1. The van der Waals surface area contributed by atoms with Crippen molar-refractivity contribution >= 4 is 17.0 Å². The Balaban J connectivity index is 2.08. The molecule has 96 valence electrons. The van der Waals surface area contributed by atoms with E-state index in [9.17, 15) is 4.79 Å². The van der Waals surface area contributed by atoms with Gasteiger partial charge in [-0.25, -0.2) is 4.68 Å². The Morgan fingerprint density at radius 2 is 2.28 bits per heavy atom. The lowest BCUT2D eigenvalue weighted by atomic mass is 10.2. The van der Waals surface area contributed by atoms with Crippen LogP contribution in [-0.4, -0.2) is 21.3 Å². The third kappa shape index (κ3) is 3.40. The van der Waals surface area contributed by atoms with Gasteiger partial charge in [-0.2, -0.15) is 5.10 Å². The first-order valence-corrected chi connectivity index (χ1v) is 6.71. The number of thiazole rings is 1. The second-order valence-electron chi connectivity index (χ2n) is 4.48. The summed E-state index contributed by atoms with van der Waals surface area (Å²) in [5.41, 5.74) is 2.42. The Bertz CT molecular complexity index is 547. The number of rotatable bonds is 5. The van der Waals surface area contributed by atoms with Gasteiger partial charge in [-0.05, 0) is 5.92 Å². The fourth-order valence-electron chi connectivity index (χ4n) is 1.44. The molecule has 0 atom stereocenters. The van der Waals surface area contributed by atoms with Gasteiger partial charge in [0.25, 0.3) is 5.56 Å². The summed E-state index contributed by atoms with van der Waals surface area (Å²) in [7, 11) is 0. The summed E-state index contributed by atoms with van der Waals surface area (Å²) in [6, 6.07) is 1.58. The maximum absolute atomic E-state index is 11.9. The average Bonchev–Trinajstić information content (AvgIpc) is 2.82. The first-order valence-electron chi connectivity index (χ1n) is 5.83. The van der Waals surface area contributed by atoms with Crippen LogP contribution in [0.4, 0.5) is 5.69 Å². The Morgan fingerprint density at radius 3 is 2.89 bits per heavy atom. The maximum Gasteiger partial charge on any atom is 0.269 e. The Hall–Kier alpha value is -1.69. The van der Waals surface area contributed by atoms with Gasteiger partial charge in [0, 0.05) is 23.7 Å². The second kappa shape index (κ2) is 5.77. The van der Waals surface area contributed by atoms with E-state index in [4.69, 9.17) is 0 Å². The highest BCUT2D eigenvalue weighted by atomic mass is 32.1. The lowest BCUT2D eigenvalue weighted by molar-refractivity contribution is 0.642. The zero-order valence-corrected chi connectivity index (χ0v) is 11.3. The van der Waals surface area contributed by atoms with Crippen molar-refractivity contribution in [1.82, 2.24) is 14.8 Å². The molecule has 0 saturated carbocycles. The highest BCUT2D eigenvalue weighted by Crippen LogP contribution is 2.07. The Morgan fingerprint density at radius 1 is 1.44 bits per heavy atom. The van der Waals surface area contributed by atoms with E-state index in [1.54, 1.807) is 24.0 Å². The minimum absolute atomic E-state index is 0.0999. The van der Waals surface area contributed by atoms with Crippen LogP contribution in [0.1, 0.15) is 18.7 Å². The van der Waals surface area contributed by atoms with E-state index in [1.807, 2.05) is 0 Å². The van der Waals surface area contributed by atoms with Gasteiger partial charge < -0.3 is 5.32 Å². The zero-order valence-electron chi connectivity index (χ0n) is 10.5. The third-order valence-corrected chi connectivity index (χ3v) is 3.14. The predicted molar refractivity (Wildman–Crippen MR) is 73.0 cm³/mol. The van der Waals surface area contributed by atoms with E-state index < -0.39 is 0 Å². The molecule has 18 heavy (non-hydrogen) atoms. The van der Waals surface area contributed by atoms with Crippen LogP contribution in [0.3, 0.4) is 0 Å². The Labute approximate surface area is 110 Å². The summed E-state index contributed by atoms with van der Waals surface area (Å²) in [4.78, 5) is 16.9. The lowest BCUT2D eigenvalue weighted by Crippen LogP contribution is -2.23. The van der Waals surface area contributed by atoms with Crippen molar-refractivity contribution in [3.63, 3.8) is 0 Å². The molecule has 0 unspecified atom stereocenters. The fourth-order valence-corrected chi connectivity index (χ4v) is 2.01. The molecule has 5 nitrogen and oxygen atoms in total. The summed E-state index contributed by atoms with van der Waals surface area (Å²) in [5, 5.41) is 7.34. The van der Waals surface area contributed by atoms with Gasteiger partial charge >= 0.3 is 0 Å². The van der Waals surface area contributed by atoms with Crippen molar-refractivity contribution in [2.24, 2.45) is 5.92 Å². The predicted octanol–water partition coefficient (Wildman–Crippen LogP) is 1.82. The Kier molecular flexibility index (Phi) is 4.09. The first-order chi connectivity index (χ1) is 8.65. The van der Waals surface area contributed by atoms with Crippen LogP contribution in [0.2, 0.25) is 0 Å². The molecule has 0 radical (unpaired) electrons. The van der Waals surface area contributed by atoms with Crippen molar-refractivity contribution in [1.29, 1.82) is 0 Å². The van der Waals surface area contributed by atoms with Crippen LogP contribution in [0.15, 0.2) is 28.8 Å². The molecule has 2 aromatic rings. The molecule has 2 heterocycles. The maximum atomic E-state index is 11.9. The van der Waals surface area contributed by atoms with E-state index in [0.29, 0.717) is 12.5 Å². The van der Waals surface area contributed by atoms with Gasteiger partial charge in [0.2, 0.25) is 0 Å². The number of hydrogen-bond donors (Lipinski definition) is 1. The van der Waals surface area contributed by atoms with Gasteiger partial charge in [-0.15, -0.1) is 11.3 Å². The molecule has 6 heteroatoms. The van der Waals surface area contributed by atoms with Gasteiger partial charge in [0.15, 0.2) is 0 Å². The van der Waals surface area contributed by atoms with Crippen LogP contribution >= 0.6 is 11.3 Å². The van der Waals surface area contributed by atoms with Crippen molar-refractivity contribution in [2.75, 3.05) is 11.9 Å². The van der Waals surface area contributed by atoms with E-state index in [-0.39, 0.29) is 5.56 Å². The molecule has 1 N–H and O–H groups in total. The van der Waals surface area contributed by atoms with Gasteiger partial charge in [0.1, 0.15) is 0 Å². The van der Waals surface area contributed by atoms with Crippen molar-refractivity contribution in [3.05, 3.63) is 39.2 Å². The standard InChI is InChI=1S/C12H16N4OS/c1-9(2)4-14-10-3-12(17)16(15-5-10)7-11-6-13-8-18-11/h3,5-6,8-9,14H,4,7H2,1-2H3.